The van der Waals surface area contributed by atoms with E-state index in [4.69, 9.17) is 4.74 Å². The molecular weight excluding hydrogens is 192 g/mol. The first-order valence-electron chi connectivity index (χ1n) is 4.59. The van der Waals surface area contributed by atoms with E-state index in [-0.39, 0.29) is 11.4 Å². The summed E-state index contributed by atoms with van der Waals surface area (Å²) in [6, 6.07) is 8.65. The summed E-state index contributed by atoms with van der Waals surface area (Å²) in [4.78, 5) is 22.5. The van der Waals surface area contributed by atoms with Gasteiger partial charge in [-0.25, -0.2) is 4.79 Å². The largest absolute Gasteiger partial charge is 0.423 e. The van der Waals surface area contributed by atoms with Crippen LogP contribution in [0.3, 0.4) is 0 Å². The average molecular weight is 204 g/mol. The maximum Gasteiger partial charge on any atom is 0.346 e. The number of rotatable bonds is 3. The van der Waals surface area contributed by atoms with Crippen LogP contribution in [-0.2, 0) is 9.59 Å². The molecule has 0 aliphatic carbocycles. The second kappa shape index (κ2) is 5.10. The third-order valence-corrected chi connectivity index (χ3v) is 1.84. The van der Waals surface area contributed by atoms with Gasteiger partial charge in [-0.15, -0.1) is 0 Å². The van der Waals surface area contributed by atoms with Crippen LogP contribution >= 0.6 is 0 Å². The number of ether oxygens (including phenoxy) is 1. The first-order chi connectivity index (χ1) is 7.15. The number of carbonyl (C=O) groups excluding carboxylic acids is 2. The van der Waals surface area contributed by atoms with Crippen LogP contribution in [0.25, 0.3) is 0 Å². The molecule has 0 amide bonds. The van der Waals surface area contributed by atoms with E-state index >= 15 is 0 Å². The Kier molecular flexibility index (Phi) is 3.80. The third-order valence-electron chi connectivity index (χ3n) is 1.84. The van der Waals surface area contributed by atoms with Crippen molar-refractivity contribution in [3.8, 4) is 5.75 Å². The van der Waals surface area contributed by atoms with E-state index in [1.165, 1.54) is 13.0 Å². The second-order valence-electron chi connectivity index (χ2n) is 2.96. The lowest BCUT2D eigenvalue weighted by molar-refractivity contribution is -0.132. The van der Waals surface area contributed by atoms with Crippen molar-refractivity contribution < 1.29 is 14.3 Å². The van der Waals surface area contributed by atoms with Crippen molar-refractivity contribution in [2.24, 2.45) is 0 Å². The Labute approximate surface area is 88.4 Å². The molecule has 0 aromatic heterocycles. The van der Waals surface area contributed by atoms with E-state index in [0.29, 0.717) is 5.75 Å². The van der Waals surface area contributed by atoms with Gasteiger partial charge in [-0.05, 0) is 26.0 Å². The molecule has 78 valence electrons. The highest BCUT2D eigenvalue weighted by Gasteiger charge is 2.15. The van der Waals surface area contributed by atoms with Gasteiger partial charge in [0.25, 0.3) is 0 Å². The molecule has 15 heavy (non-hydrogen) atoms. The quantitative estimate of drug-likeness (QED) is 0.249. The summed E-state index contributed by atoms with van der Waals surface area (Å²) in [5, 5.41) is 0. The number of carbonyl (C=O) groups is 2. The molecule has 1 aromatic rings. The number of esters is 1. The standard InChI is InChI=1S/C12H12O3/c1-3-11(9(2)13)12(14)15-10-7-5-4-6-8-10/h3-8H,1-2H3. The Hall–Kier alpha value is -1.90. The van der Waals surface area contributed by atoms with Crippen molar-refractivity contribution >= 4 is 11.8 Å². The van der Waals surface area contributed by atoms with Crippen molar-refractivity contribution in [1.82, 2.24) is 0 Å². The molecule has 0 heterocycles. The van der Waals surface area contributed by atoms with Crippen LogP contribution in [0.5, 0.6) is 5.75 Å². The summed E-state index contributed by atoms with van der Waals surface area (Å²) in [5.74, 6) is -0.474. The fourth-order valence-electron chi connectivity index (χ4n) is 1.12. The molecule has 0 bridgehead atoms. The SMILES string of the molecule is CC=C(C(C)=O)C(=O)Oc1ccccc1. The summed E-state index contributed by atoms with van der Waals surface area (Å²) in [5.41, 5.74) is 0.0684. The van der Waals surface area contributed by atoms with Crippen LogP contribution in [-0.4, -0.2) is 11.8 Å². The van der Waals surface area contributed by atoms with Crippen molar-refractivity contribution in [3.05, 3.63) is 42.0 Å². The fraction of sp³-hybridized carbons (Fsp3) is 0.167. The molecule has 0 radical (unpaired) electrons. The van der Waals surface area contributed by atoms with Crippen LogP contribution in [0.4, 0.5) is 0 Å². The summed E-state index contributed by atoms with van der Waals surface area (Å²) in [6.07, 6.45) is 1.45. The van der Waals surface area contributed by atoms with Crippen LogP contribution < -0.4 is 4.74 Å². The Balaban J connectivity index is 2.76. The third kappa shape index (κ3) is 3.06. The molecule has 0 fully saturated rings. The molecule has 0 aliphatic heterocycles. The van der Waals surface area contributed by atoms with Gasteiger partial charge in [-0.1, -0.05) is 24.3 Å². The zero-order valence-electron chi connectivity index (χ0n) is 8.69. The number of Topliss-reactive ketones (excluding diaryl/α,β-unsaturated/α-hetero) is 1. The van der Waals surface area contributed by atoms with Crippen LogP contribution in [0, 0.1) is 0 Å². The van der Waals surface area contributed by atoms with E-state index in [9.17, 15) is 9.59 Å². The molecule has 1 rings (SSSR count). The van der Waals surface area contributed by atoms with E-state index in [1.54, 1.807) is 31.2 Å². The number of para-hydroxylation sites is 1. The molecule has 0 spiro atoms. The molecule has 0 unspecified atom stereocenters. The van der Waals surface area contributed by atoms with Gasteiger partial charge in [-0.2, -0.15) is 0 Å². The van der Waals surface area contributed by atoms with Crippen LogP contribution in [0.1, 0.15) is 13.8 Å². The normalized spacial score (nSPS) is 10.9. The number of ketones is 1. The maximum absolute atomic E-state index is 11.5. The number of hydrogen-bond donors (Lipinski definition) is 0. The summed E-state index contributed by atoms with van der Waals surface area (Å²) >= 11 is 0. The average Bonchev–Trinajstić information content (AvgIpc) is 2.19. The summed E-state index contributed by atoms with van der Waals surface area (Å²) < 4.78 is 5.00. The number of hydrogen-bond acceptors (Lipinski definition) is 3. The summed E-state index contributed by atoms with van der Waals surface area (Å²) in [7, 11) is 0. The van der Waals surface area contributed by atoms with E-state index in [0.717, 1.165) is 0 Å². The molecule has 0 aliphatic rings. The van der Waals surface area contributed by atoms with Gasteiger partial charge >= 0.3 is 5.97 Å². The minimum atomic E-state index is -0.615. The van der Waals surface area contributed by atoms with E-state index in [1.807, 2.05) is 6.07 Å². The number of allylic oxidation sites excluding steroid dienone is 1. The van der Waals surface area contributed by atoms with Gasteiger partial charge < -0.3 is 4.74 Å². The van der Waals surface area contributed by atoms with Gasteiger partial charge in [0, 0.05) is 0 Å². The smallest absolute Gasteiger partial charge is 0.346 e. The predicted octanol–water partition coefficient (Wildman–Crippen LogP) is 2.13. The lowest BCUT2D eigenvalue weighted by atomic mass is 10.2. The van der Waals surface area contributed by atoms with Crippen LogP contribution in [0.2, 0.25) is 0 Å². The monoisotopic (exact) mass is 204 g/mol. The zero-order chi connectivity index (χ0) is 11.3. The Morgan fingerprint density at radius 3 is 2.27 bits per heavy atom. The van der Waals surface area contributed by atoms with Gasteiger partial charge in [-0.3, -0.25) is 4.79 Å². The first kappa shape index (κ1) is 11.2. The van der Waals surface area contributed by atoms with Crippen molar-refractivity contribution in [2.75, 3.05) is 0 Å². The second-order valence-corrected chi connectivity index (χ2v) is 2.96. The first-order valence-corrected chi connectivity index (χ1v) is 4.59. The van der Waals surface area contributed by atoms with Gasteiger partial charge in [0.05, 0.1) is 5.57 Å². The highest BCUT2D eigenvalue weighted by molar-refractivity contribution is 6.16. The highest BCUT2D eigenvalue weighted by Crippen LogP contribution is 2.11. The fourth-order valence-corrected chi connectivity index (χ4v) is 1.12. The number of benzene rings is 1. The molecular formula is C12H12O3. The molecule has 3 heteroatoms. The van der Waals surface area contributed by atoms with Gasteiger partial charge in [0.2, 0.25) is 0 Å². The lowest BCUT2D eigenvalue weighted by Gasteiger charge is -2.04. The molecule has 0 atom stereocenters. The molecule has 0 N–H and O–H groups in total. The van der Waals surface area contributed by atoms with E-state index < -0.39 is 5.97 Å². The lowest BCUT2D eigenvalue weighted by Crippen LogP contribution is -2.16. The van der Waals surface area contributed by atoms with Crippen molar-refractivity contribution in [2.45, 2.75) is 13.8 Å². The maximum atomic E-state index is 11.5. The molecule has 0 saturated carbocycles. The molecule has 1 aromatic carbocycles. The van der Waals surface area contributed by atoms with Crippen molar-refractivity contribution in [1.29, 1.82) is 0 Å². The van der Waals surface area contributed by atoms with E-state index in [2.05, 4.69) is 0 Å². The highest BCUT2D eigenvalue weighted by atomic mass is 16.5. The van der Waals surface area contributed by atoms with Gasteiger partial charge in [0.1, 0.15) is 5.75 Å². The van der Waals surface area contributed by atoms with Crippen molar-refractivity contribution in [3.63, 3.8) is 0 Å². The predicted molar refractivity (Wildman–Crippen MR) is 56.5 cm³/mol. The van der Waals surface area contributed by atoms with Gasteiger partial charge in [0.15, 0.2) is 5.78 Å². The molecule has 3 nitrogen and oxygen atoms in total. The summed E-state index contributed by atoms with van der Waals surface area (Å²) in [6.45, 7) is 2.96. The zero-order valence-corrected chi connectivity index (χ0v) is 8.69. The topological polar surface area (TPSA) is 43.4 Å². The Morgan fingerprint density at radius 1 is 1.20 bits per heavy atom. The minimum Gasteiger partial charge on any atom is -0.423 e. The molecule has 0 saturated heterocycles. The van der Waals surface area contributed by atoms with Crippen LogP contribution in [0.15, 0.2) is 42.0 Å². The Bertz CT molecular complexity index is 391. The minimum absolute atomic E-state index is 0.0684. The Morgan fingerprint density at radius 2 is 1.80 bits per heavy atom.